The van der Waals surface area contributed by atoms with Crippen molar-refractivity contribution in [2.75, 3.05) is 13.1 Å². The third-order valence-electron chi connectivity index (χ3n) is 3.92. The highest BCUT2D eigenvalue weighted by molar-refractivity contribution is 5.87. The molecule has 0 bridgehead atoms. The summed E-state index contributed by atoms with van der Waals surface area (Å²) in [6.45, 7) is 0.365. The van der Waals surface area contributed by atoms with Crippen molar-refractivity contribution in [3.8, 4) is 0 Å². The maximum atomic E-state index is 12.5. The Labute approximate surface area is 98.1 Å². The van der Waals surface area contributed by atoms with Crippen molar-refractivity contribution in [1.29, 1.82) is 0 Å². The van der Waals surface area contributed by atoms with Crippen LogP contribution in [0.15, 0.2) is 0 Å². The molecule has 2 rings (SSSR count). The minimum absolute atomic E-state index is 0.00528. The maximum absolute atomic E-state index is 12.5. The normalized spacial score (nSPS) is 25.5. The van der Waals surface area contributed by atoms with Gasteiger partial charge >= 0.3 is 6.18 Å². The monoisotopic (exact) mass is 250 g/mol. The Morgan fingerprint density at radius 3 is 2.12 bits per heavy atom. The highest BCUT2D eigenvalue weighted by atomic mass is 19.4. The van der Waals surface area contributed by atoms with Crippen LogP contribution in [-0.4, -0.2) is 35.6 Å². The van der Waals surface area contributed by atoms with Crippen molar-refractivity contribution in [3.05, 3.63) is 0 Å². The second-order valence-electron chi connectivity index (χ2n) is 5.12. The average molecular weight is 250 g/mol. The van der Waals surface area contributed by atoms with E-state index in [1.54, 1.807) is 0 Å². The van der Waals surface area contributed by atoms with Crippen LogP contribution in [-0.2, 0) is 4.79 Å². The van der Waals surface area contributed by atoms with Crippen LogP contribution in [0.1, 0.15) is 32.1 Å². The maximum Gasteiger partial charge on any atom is 0.391 e. The number of hydrogen-bond acceptors (Lipinski definition) is 2. The van der Waals surface area contributed by atoms with Gasteiger partial charge in [0.2, 0.25) is 5.91 Å². The first kappa shape index (κ1) is 12.7. The van der Waals surface area contributed by atoms with E-state index in [9.17, 15) is 18.0 Å². The van der Waals surface area contributed by atoms with Crippen LogP contribution in [0.2, 0.25) is 0 Å². The van der Waals surface area contributed by atoms with Crippen molar-refractivity contribution in [2.45, 2.75) is 43.8 Å². The summed E-state index contributed by atoms with van der Waals surface area (Å²) < 4.78 is 37.4. The molecule has 1 heterocycles. The number of carbonyl (C=O) groups excluding carboxylic acids is 1. The van der Waals surface area contributed by atoms with Gasteiger partial charge in [-0.2, -0.15) is 13.2 Å². The zero-order valence-electron chi connectivity index (χ0n) is 9.59. The Morgan fingerprint density at radius 2 is 1.76 bits per heavy atom. The number of carbonyl (C=O) groups is 1. The molecule has 1 amide bonds. The summed E-state index contributed by atoms with van der Waals surface area (Å²) >= 11 is 0. The summed E-state index contributed by atoms with van der Waals surface area (Å²) in [7, 11) is 0. The predicted octanol–water partition coefficient (Wildman–Crippen LogP) is 1.67. The quantitative estimate of drug-likeness (QED) is 0.769. The number of rotatable bonds is 1. The SMILES string of the molecule is NC1(C(=O)N2CCC(C(F)(F)F)CC2)CCC1. The van der Waals surface area contributed by atoms with Crippen LogP contribution in [0.5, 0.6) is 0 Å². The molecule has 98 valence electrons. The molecule has 2 aliphatic rings. The van der Waals surface area contributed by atoms with Crippen LogP contribution < -0.4 is 5.73 Å². The van der Waals surface area contributed by atoms with Crippen LogP contribution >= 0.6 is 0 Å². The molecule has 0 aromatic heterocycles. The topological polar surface area (TPSA) is 46.3 Å². The van der Waals surface area contributed by atoms with E-state index in [1.807, 2.05) is 0 Å². The standard InChI is InChI=1S/C11H17F3N2O/c12-11(13,14)8-2-6-16(7-3-8)9(17)10(15)4-1-5-10/h8H,1-7,15H2. The zero-order valence-corrected chi connectivity index (χ0v) is 9.59. The van der Waals surface area contributed by atoms with E-state index < -0.39 is 17.6 Å². The molecule has 0 unspecified atom stereocenters. The van der Waals surface area contributed by atoms with Gasteiger partial charge in [0.05, 0.1) is 11.5 Å². The number of halogens is 3. The van der Waals surface area contributed by atoms with Crippen molar-refractivity contribution in [1.82, 2.24) is 4.90 Å². The molecule has 0 radical (unpaired) electrons. The van der Waals surface area contributed by atoms with E-state index in [-0.39, 0.29) is 31.8 Å². The highest BCUT2D eigenvalue weighted by Gasteiger charge is 2.46. The molecular weight excluding hydrogens is 233 g/mol. The lowest BCUT2D eigenvalue weighted by Crippen LogP contribution is -2.60. The molecule has 0 aromatic rings. The largest absolute Gasteiger partial charge is 0.391 e. The lowest BCUT2D eigenvalue weighted by molar-refractivity contribution is -0.187. The van der Waals surface area contributed by atoms with Crippen LogP contribution in [0.3, 0.4) is 0 Å². The molecular formula is C11H17F3N2O. The fourth-order valence-corrected chi connectivity index (χ4v) is 2.50. The molecule has 1 saturated carbocycles. The van der Waals surface area contributed by atoms with Gasteiger partial charge in [0.25, 0.3) is 0 Å². The molecule has 2 N–H and O–H groups in total. The summed E-state index contributed by atoms with van der Waals surface area (Å²) in [6.07, 6.45) is -1.88. The van der Waals surface area contributed by atoms with Crippen LogP contribution in [0.25, 0.3) is 0 Å². The minimum atomic E-state index is -4.13. The van der Waals surface area contributed by atoms with Crippen molar-refractivity contribution < 1.29 is 18.0 Å². The second-order valence-corrected chi connectivity index (χ2v) is 5.12. The Hall–Kier alpha value is -0.780. The van der Waals surface area contributed by atoms with Gasteiger partial charge in [-0.15, -0.1) is 0 Å². The van der Waals surface area contributed by atoms with E-state index >= 15 is 0 Å². The van der Waals surface area contributed by atoms with Crippen molar-refractivity contribution in [3.63, 3.8) is 0 Å². The van der Waals surface area contributed by atoms with E-state index in [4.69, 9.17) is 5.73 Å². The summed E-state index contributed by atoms with van der Waals surface area (Å²) in [4.78, 5) is 13.5. The number of likely N-dealkylation sites (tertiary alicyclic amines) is 1. The van der Waals surface area contributed by atoms with Crippen LogP contribution in [0, 0.1) is 5.92 Å². The molecule has 0 spiro atoms. The molecule has 0 aromatic carbocycles. The van der Waals surface area contributed by atoms with Gasteiger partial charge < -0.3 is 10.6 Å². The number of piperidine rings is 1. The molecule has 1 aliphatic carbocycles. The van der Waals surface area contributed by atoms with Gasteiger partial charge in [-0.3, -0.25) is 4.79 Å². The minimum Gasteiger partial charge on any atom is -0.341 e. The van der Waals surface area contributed by atoms with Gasteiger partial charge in [0.15, 0.2) is 0 Å². The van der Waals surface area contributed by atoms with Gasteiger partial charge in [0.1, 0.15) is 0 Å². The molecule has 6 heteroatoms. The van der Waals surface area contributed by atoms with Gasteiger partial charge in [0, 0.05) is 13.1 Å². The Kier molecular flexibility index (Phi) is 3.10. The highest BCUT2D eigenvalue weighted by Crippen LogP contribution is 2.36. The lowest BCUT2D eigenvalue weighted by atomic mass is 9.76. The second kappa shape index (κ2) is 4.15. The van der Waals surface area contributed by atoms with E-state index in [0.29, 0.717) is 12.8 Å². The zero-order chi connectivity index (χ0) is 12.7. The Balaban J connectivity index is 1.89. The average Bonchev–Trinajstić information content (AvgIpc) is 2.24. The number of nitrogens with two attached hydrogens (primary N) is 1. The fraction of sp³-hybridized carbons (Fsp3) is 0.909. The summed E-state index contributed by atoms with van der Waals surface area (Å²) in [6, 6.07) is 0. The van der Waals surface area contributed by atoms with Crippen molar-refractivity contribution in [2.24, 2.45) is 11.7 Å². The number of hydrogen-bond donors (Lipinski definition) is 1. The third kappa shape index (κ3) is 2.41. The summed E-state index contributed by atoms with van der Waals surface area (Å²) in [5.41, 5.74) is 5.10. The number of nitrogens with zero attached hydrogens (tertiary/aromatic N) is 1. The van der Waals surface area contributed by atoms with E-state index in [0.717, 1.165) is 6.42 Å². The van der Waals surface area contributed by atoms with E-state index in [2.05, 4.69) is 0 Å². The first-order valence-corrected chi connectivity index (χ1v) is 5.98. The summed E-state index contributed by atoms with van der Waals surface area (Å²) in [5.74, 6) is -1.42. The molecule has 17 heavy (non-hydrogen) atoms. The van der Waals surface area contributed by atoms with Gasteiger partial charge in [-0.1, -0.05) is 0 Å². The molecule has 2 fully saturated rings. The molecule has 3 nitrogen and oxygen atoms in total. The summed E-state index contributed by atoms with van der Waals surface area (Å²) in [5, 5.41) is 0. The Bertz CT molecular complexity index is 304. The first-order valence-electron chi connectivity index (χ1n) is 5.98. The molecule has 0 atom stereocenters. The smallest absolute Gasteiger partial charge is 0.341 e. The number of amides is 1. The van der Waals surface area contributed by atoms with Gasteiger partial charge in [-0.25, -0.2) is 0 Å². The third-order valence-corrected chi connectivity index (χ3v) is 3.92. The fourth-order valence-electron chi connectivity index (χ4n) is 2.50. The van der Waals surface area contributed by atoms with Crippen molar-refractivity contribution >= 4 is 5.91 Å². The van der Waals surface area contributed by atoms with Gasteiger partial charge in [-0.05, 0) is 32.1 Å². The van der Waals surface area contributed by atoms with Crippen LogP contribution in [0.4, 0.5) is 13.2 Å². The lowest BCUT2D eigenvalue weighted by Gasteiger charge is -2.42. The molecule has 1 aliphatic heterocycles. The van der Waals surface area contributed by atoms with E-state index in [1.165, 1.54) is 4.90 Å². The Morgan fingerprint density at radius 1 is 1.24 bits per heavy atom. The predicted molar refractivity (Wildman–Crippen MR) is 56.1 cm³/mol. The first-order chi connectivity index (χ1) is 7.83. The number of alkyl halides is 3. The molecule has 1 saturated heterocycles.